The Labute approximate surface area is 135 Å². The molecule has 0 aromatic heterocycles. The first kappa shape index (κ1) is 16.9. The van der Waals surface area contributed by atoms with Crippen LogP contribution in [0.4, 0.5) is 0 Å². The molecule has 2 nitrogen and oxygen atoms in total. The second-order valence-electron chi connectivity index (χ2n) is 7.19. The number of aromatic hydroxyl groups is 1. The summed E-state index contributed by atoms with van der Waals surface area (Å²) in [5.41, 5.74) is 1.13. The lowest BCUT2D eigenvalue weighted by molar-refractivity contribution is 0.0921. The summed E-state index contributed by atoms with van der Waals surface area (Å²) in [4.78, 5) is 0. The Balaban J connectivity index is 2.03. The number of rotatable bonds is 6. The summed E-state index contributed by atoms with van der Waals surface area (Å²) in [6, 6.07) is 5.58. The molecular formula is C20H30O2. The van der Waals surface area contributed by atoms with Gasteiger partial charge in [0.2, 0.25) is 0 Å². The average molecular weight is 302 g/mol. The van der Waals surface area contributed by atoms with E-state index in [4.69, 9.17) is 4.74 Å². The minimum absolute atomic E-state index is 0.234. The van der Waals surface area contributed by atoms with Crippen LogP contribution in [0, 0.1) is 23.7 Å². The average Bonchev–Trinajstić information content (AvgIpc) is 2.47. The molecule has 1 N–H and O–H groups in total. The summed E-state index contributed by atoms with van der Waals surface area (Å²) >= 11 is 0. The number of hydrogen-bond acceptors (Lipinski definition) is 2. The van der Waals surface area contributed by atoms with E-state index in [1.165, 1.54) is 19.3 Å². The van der Waals surface area contributed by atoms with Crippen LogP contribution in [0.2, 0.25) is 0 Å². The molecule has 1 aromatic rings. The smallest absolute Gasteiger partial charge is 0.161 e. The van der Waals surface area contributed by atoms with E-state index in [0.29, 0.717) is 24.2 Å². The molecule has 0 bridgehead atoms. The van der Waals surface area contributed by atoms with Crippen LogP contribution in [-0.4, -0.2) is 11.7 Å². The van der Waals surface area contributed by atoms with E-state index in [9.17, 15) is 5.11 Å². The van der Waals surface area contributed by atoms with Gasteiger partial charge in [0.15, 0.2) is 11.5 Å². The van der Waals surface area contributed by atoms with E-state index in [2.05, 4.69) is 27.4 Å². The van der Waals surface area contributed by atoms with Crippen LogP contribution in [0.15, 0.2) is 30.9 Å². The quantitative estimate of drug-likeness (QED) is 0.731. The summed E-state index contributed by atoms with van der Waals surface area (Å²) in [6.07, 6.45) is 6.53. The maximum absolute atomic E-state index is 10.0. The van der Waals surface area contributed by atoms with Crippen molar-refractivity contribution in [3.05, 3.63) is 36.4 Å². The molecule has 1 saturated carbocycles. The predicted molar refractivity (Wildman–Crippen MR) is 92.3 cm³/mol. The topological polar surface area (TPSA) is 29.5 Å². The number of allylic oxidation sites excluding steroid dienone is 1. The van der Waals surface area contributed by atoms with Crippen LogP contribution in [-0.2, 0) is 6.42 Å². The summed E-state index contributed by atoms with van der Waals surface area (Å²) in [6.45, 7) is 11.4. The van der Waals surface area contributed by atoms with Crippen LogP contribution < -0.4 is 4.74 Å². The molecular weight excluding hydrogens is 272 g/mol. The standard InChI is InChI=1S/C20H30O2/c1-5-6-16-8-10-19(21)20(12-16)22-13-17-11-15(4)7-9-18(17)14(2)3/h5,8,10,12,14-15,17-18,21H,1,6-7,9,11,13H2,2-4H3. The Morgan fingerprint density at radius 3 is 2.82 bits per heavy atom. The molecule has 1 fully saturated rings. The Hall–Kier alpha value is -1.44. The largest absolute Gasteiger partial charge is 0.504 e. The number of phenols is 1. The molecule has 0 aliphatic heterocycles. The van der Waals surface area contributed by atoms with Crippen LogP contribution in [0.5, 0.6) is 11.5 Å². The zero-order chi connectivity index (χ0) is 16.1. The molecule has 1 aliphatic rings. The normalized spacial score (nSPS) is 25.2. The number of hydrogen-bond donors (Lipinski definition) is 1. The third-order valence-electron chi connectivity index (χ3n) is 5.02. The molecule has 0 spiro atoms. The number of benzene rings is 1. The fraction of sp³-hybridized carbons (Fsp3) is 0.600. The first-order valence-electron chi connectivity index (χ1n) is 8.56. The lowest BCUT2D eigenvalue weighted by Gasteiger charge is -2.37. The van der Waals surface area contributed by atoms with Gasteiger partial charge in [-0.2, -0.15) is 0 Å². The van der Waals surface area contributed by atoms with Crippen molar-refractivity contribution in [2.75, 3.05) is 6.61 Å². The minimum Gasteiger partial charge on any atom is -0.504 e. The van der Waals surface area contributed by atoms with Gasteiger partial charge in [-0.1, -0.05) is 39.3 Å². The third-order valence-corrected chi connectivity index (χ3v) is 5.02. The molecule has 3 atom stereocenters. The Morgan fingerprint density at radius 1 is 1.36 bits per heavy atom. The minimum atomic E-state index is 0.234. The fourth-order valence-electron chi connectivity index (χ4n) is 3.76. The van der Waals surface area contributed by atoms with Gasteiger partial charge in [0.25, 0.3) is 0 Å². The first-order chi connectivity index (χ1) is 10.5. The second-order valence-corrected chi connectivity index (χ2v) is 7.19. The van der Waals surface area contributed by atoms with E-state index >= 15 is 0 Å². The van der Waals surface area contributed by atoms with Crippen LogP contribution in [0.25, 0.3) is 0 Å². The van der Waals surface area contributed by atoms with Crippen molar-refractivity contribution in [3.63, 3.8) is 0 Å². The van der Waals surface area contributed by atoms with Crippen molar-refractivity contribution in [1.29, 1.82) is 0 Å². The van der Waals surface area contributed by atoms with Crippen molar-refractivity contribution < 1.29 is 9.84 Å². The third kappa shape index (κ3) is 4.28. The monoisotopic (exact) mass is 302 g/mol. The van der Waals surface area contributed by atoms with Crippen molar-refractivity contribution >= 4 is 0 Å². The number of phenolic OH excluding ortho intramolecular Hbond substituents is 1. The molecule has 0 saturated heterocycles. The van der Waals surface area contributed by atoms with Crippen molar-refractivity contribution in [2.45, 2.75) is 46.5 Å². The molecule has 3 unspecified atom stereocenters. The summed E-state index contributed by atoms with van der Waals surface area (Å²) in [5, 5.41) is 10.0. The van der Waals surface area contributed by atoms with Gasteiger partial charge in [0.1, 0.15) is 0 Å². The molecule has 22 heavy (non-hydrogen) atoms. The van der Waals surface area contributed by atoms with E-state index in [1.807, 2.05) is 18.2 Å². The summed E-state index contributed by atoms with van der Waals surface area (Å²) in [5.74, 6) is 3.64. The van der Waals surface area contributed by atoms with Crippen molar-refractivity contribution in [2.24, 2.45) is 23.7 Å². The van der Waals surface area contributed by atoms with Crippen molar-refractivity contribution in [1.82, 2.24) is 0 Å². The predicted octanol–water partition coefficient (Wildman–Crippen LogP) is 5.21. The van der Waals surface area contributed by atoms with Gasteiger partial charge in [0.05, 0.1) is 6.61 Å². The van der Waals surface area contributed by atoms with E-state index in [-0.39, 0.29) is 5.75 Å². The molecule has 2 rings (SSSR count). The van der Waals surface area contributed by atoms with Gasteiger partial charge in [0, 0.05) is 0 Å². The Kier molecular flexibility index (Phi) is 5.93. The second kappa shape index (κ2) is 7.71. The highest BCUT2D eigenvalue weighted by Crippen LogP contribution is 2.39. The molecule has 2 heteroatoms. The van der Waals surface area contributed by atoms with E-state index < -0.39 is 0 Å². The summed E-state index contributed by atoms with van der Waals surface area (Å²) in [7, 11) is 0. The van der Waals surface area contributed by atoms with E-state index in [1.54, 1.807) is 6.07 Å². The van der Waals surface area contributed by atoms with Gasteiger partial charge < -0.3 is 9.84 Å². The van der Waals surface area contributed by atoms with Crippen LogP contribution >= 0.6 is 0 Å². The molecule has 1 aliphatic carbocycles. The summed E-state index contributed by atoms with van der Waals surface area (Å²) < 4.78 is 6.01. The van der Waals surface area contributed by atoms with Gasteiger partial charge in [-0.15, -0.1) is 6.58 Å². The lowest BCUT2D eigenvalue weighted by Crippen LogP contribution is -2.31. The molecule has 1 aromatic carbocycles. The van der Waals surface area contributed by atoms with Gasteiger partial charge in [-0.3, -0.25) is 0 Å². The maximum Gasteiger partial charge on any atom is 0.161 e. The van der Waals surface area contributed by atoms with Crippen molar-refractivity contribution in [3.8, 4) is 11.5 Å². The zero-order valence-corrected chi connectivity index (χ0v) is 14.2. The SMILES string of the molecule is C=CCc1ccc(O)c(OCC2CC(C)CCC2C(C)C)c1. The zero-order valence-electron chi connectivity index (χ0n) is 14.2. The van der Waals surface area contributed by atoms with E-state index in [0.717, 1.165) is 23.8 Å². The lowest BCUT2D eigenvalue weighted by atomic mass is 9.70. The fourth-order valence-corrected chi connectivity index (χ4v) is 3.76. The van der Waals surface area contributed by atoms with Gasteiger partial charge in [-0.25, -0.2) is 0 Å². The molecule has 122 valence electrons. The molecule has 0 heterocycles. The van der Waals surface area contributed by atoms with Crippen LogP contribution in [0.1, 0.15) is 45.6 Å². The van der Waals surface area contributed by atoms with Gasteiger partial charge in [-0.05, 0) is 60.6 Å². The highest BCUT2D eigenvalue weighted by molar-refractivity contribution is 5.42. The van der Waals surface area contributed by atoms with Gasteiger partial charge >= 0.3 is 0 Å². The Bertz CT molecular complexity index is 492. The highest BCUT2D eigenvalue weighted by atomic mass is 16.5. The maximum atomic E-state index is 10.0. The number of ether oxygens (including phenoxy) is 1. The molecule has 0 amide bonds. The molecule has 0 radical (unpaired) electrons. The highest BCUT2D eigenvalue weighted by Gasteiger charge is 2.31. The first-order valence-corrected chi connectivity index (χ1v) is 8.56. The van der Waals surface area contributed by atoms with Crippen LogP contribution in [0.3, 0.4) is 0 Å². The Morgan fingerprint density at radius 2 is 2.14 bits per heavy atom.